The van der Waals surface area contributed by atoms with Crippen molar-refractivity contribution < 1.29 is 13.9 Å². The first-order chi connectivity index (χ1) is 14.0. The van der Waals surface area contributed by atoms with Crippen molar-refractivity contribution in [1.29, 1.82) is 0 Å². The Labute approximate surface area is 179 Å². The number of rotatable bonds is 1. The largest absolute Gasteiger partial charge is 0.489 e. The van der Waals surface area contributed by atoms with Crippen LogP contribution in [0.1, 0.15) is 10.4 Å². The summed E-state index contributed by atoms with van der Waals surface area (Å²) in [5.74, 6) is -0.302. The highest BCUT2D eigenvalue weighted by atomic mass is 35.5. The molecule has 0 bridgehead atoms. The molecule has 150 valence electrons. The molecule has 3 aromatic rings. The molecule has 2 aromatic carbocycles. The van der Waals surface area contributed by atoms with Gasteiger partial charge >= 0.3 is 0 Å². The van der Waals surface area contributed by atoms with E-state index >= 15 is 0 Å². The maximum atomic E-state index is 14.2. The number of anilines is 1. The summed E-state index contributed by atoms with van der Waals surface area (Å²) in [5, 5.41) is 3.97. The van der Waals surface area contributed by atoms with Gasteiger partial charge in [0.05, 0.1) is 31.9 Å². The Kier molecular flexibility index (Phi) is 4.54. The summed E-state index contributed by atoms with van der Waals surface area (Å²) >= 11 is 14.3. The third-order valence-corrected chi connectivity index (χ3v) is 6.77. The van der Waals surface area contributed by atoms with Gasteiger partial charge in [0, 0.05) is 30.8 Å². The lowest BCUT2D eigenvalue weighted by Crippen LogP contribution is -2.54. The Balaban J connectivity index is 1.71. The minimum Gasteiger partial charge on any atom is -0.489 e. The van der Waals surface area contributed by atoms with E-state index < -0.39 is 5.82 Å². The smallest absolute Gasteiger partial charge is 0.258 e. The highest BCUT2D eigenvalue weighted by Gasteiger charge is 2.35. The fourth-order valence-corrected chi connectivity index (χ4v) is 5.33. The van der Waals surface area contributed by atoms with Crippen LogP contribution in [0.4, 0.5) is 9.52 Å². The molecule has 1 atom stereocenters. The number of carbonyl (C=O) groups excluding carboxylic acids is 1. The number of piperazine rings is 1. The summed E-state index contributed by atoms with van der Waals surface area (Å²) in [5.41, 5.74) is 7.46. The predicted molar refractivity (Wildman–Crippen MR) is 113 cm³/mol. The highest BCUT2D eigenvalue weighted by Crippen LogP contribution is 2.47. The molecule has 0 radical (unpaired) electrons. The van der Waals surface area contributed by atoms with E-state index in [1.807, 2.05) is 0 Å². The number of fused-ring (bicyclic) bond motifs is 3. The van der Waals surface area contributed by atoms with Gasteiger partial charge in [0.2, 0.25) is 0 Å². The lowest BCUT2D eigenvalue weighted by molar-refractivity contribution is 0.0606. The molecule has 0 saturated carbocycles. The van der Waals surface area contributed by atoms with Crippen LogP contribution in [0.25, 0.3) is 21.3 Å². The SMILES string of the molecule is Nc1nc2c(-c3c(Cl)cc4c(c3Cl)OCC3CNCCN3C4=O)ccc(F)c2s1. The molecular formula is C19H15Cl2FN4O2S. The van der Waals surface area contributed by atoms with Crippen molar-refractivity contribution in [2.45, 2.75) is 6.04 Å². The van der Waals surface area contributed by atoms with Gasteiger partial charge in [-0.1, -0.05) is 34.5 Å². The van der Waals surface area contributed by atoms with Gasteiger partial charge in [-0.25, -0.2) is 9.37 Å². The Bertz CT molecular complexity index is 1170. The number of nitrogens with one attached hydrogen (secondary N) is 1. The second kappa shape index (κ2) is 6.98. The fourth-order valence-electron chi connectivity index (χ4n) is 3.85. The van der Waals surface area contributed by atoms with Crippen LogP contribution < -0.4 is 15.8 Å². The zero-order valence-electron chi connectivity index (χ0n) is 15.0. The van der Waals surface area contributed by atoms with E-state index in [0.717, 1.165) is 17.9 Å². The number of thiazole rings is 1. The van der Waals surface area contributed by atoms with E-state index in [0.29, 0.717) is 46.6 Å². The predicted octanol–water partition coefficient (Wildman–Crippen LogP) is 3.80. The lowest BCUT2D eigenvalue weighted by Gasteiger charge is -2.33. The number of benzene rings is 2. The Morgan fingerprint density at radius 2 is 2.17 bits per heavy atom. The number of hydrogen-bond donors (Lipinski definition) is 2. The van der Waals surface area contributed by atoms with Crippen molar-refractivity contribution in [3.63, 3.8) is 0 Å². The van der Waals surface area contributed by atoms with Gasteiger partial charge in [-0.3, -0.25) is 4.79 Å². The van der Waals surface area contributed by atoms with Gasteiger partial charge in [-0.2, -0.15) is 0 Å². The molecule has 1 fully saturated rings. The van der Waals surface area contributed by atoms with Crippen molar-refractivity contribution in [2.24, 2.45) is 0 Å². The number of nitrogens with zero attached hydrogens (tertiary/aromatic N) is 2. The van der Waals surface area contributed by atoms with Gasteiger partial charge in [0.15, 0.2) is 10.9 Å². The first-order valence-corrected chi connectivity index (χ1v) is 10.5. The van der Waals surface area contributed by atoms with E-state index in [2.05, 4.69) is 10.3 Å². The van der Waals surface area contributed by atoms with Crippen molar-refractivity contribution in [1.82, 2.24) is 15.2 Å². The Morgan fingerprint density at radius 3 is 3.00 bits per heavy atom. The number of carbonyl (C=O) groups is 1. The maximum Gasteiger partial charge on any atom is 0.258 e. The van der Waals surface area contributed by atoms with Crippen LogP contribution in [0.5, 0.6) is 5.75 Å². The van der Waals surface area contributed by atoms with Gasteiger partial charge < -0.3 is 20.7 Å². The molecule has 10 heteroatoms. The molecule has 3 heterocycles. The average molecular weight is 453 g/mol. The standard InChI is InChI=1S/C19H15Cl2FN4O2S/c20-11-5-10-16(28-7-8-6-24-3-4-26(8)18(10)27)14(21)13(11)9-1-2-12(22)17-15(9)25-19(23)29-17/h1-2,5,8,24H,3-4,6-7H2,(H2,23,25). The first-order valence-electron chi connectivity index (χ1n) is 8.97. The molecular weight excluding hydrogens is 438 g/mol. The molecule has 0 spiro atoms. The van der Waals surface area contributed by atoms with E-state index in [-0.39, 0.29) is 32.9 Å². The second-order valence-electron chi connectivity index (χ2n) is 6.92. The number of nitrogens with two attached hydrogens (primary N) is 1. The normalized spacial score (nSPS) is 18.9. The number of halogens is 3. The number of nitrogen functional groups attached to an aromatic ring is 1. The number of hydrogen-bond acceptors (Lipinski definition) is 6. The summed E-state index contributed by atoms with van der Waals surface area (Å²) in [4.78, 5) is 19.1. The third kappa shape index (κ3) is 2.93. The first kappa shape index (κ1) is 18.9. The second-order valence-corrected chi connectivity index (χ2v) is 8.73. The van der Waals surface area contributed by atoms with E-state index in [4.69, 9.17) is 33.7 Å². The molecule has 1 aromatic heterocycles. The van der Waals surface area contributed by atoms with Crippen molar-refractivity contribution >= 4 is 55.8 Å². The molecule has 3 N–H and O–H groups in total. The van der Waals surface area contributed by atoms with Crippen LogP contribution in [0.2, 0.25) is 10.0 Å². The topological polar surface area (TPSA) is 80.5 Å². The zero-order valence-corrected chi connectivity index (χ0v) is 17.3. The number of aromatic nitrogens is 1. The van der Waals surface area contributed by atoms with Gasteiger partial charge in [0.1, 0.15) is 12.4 Å². The summed E-state index contributed by atoms with van der Waals surface area (Å²) in [6.07, 6.45) is 0. The van der Waals surface area contributed by atoms with Crippen LogP contribution >= 0.6 is 34.5 Å². The lowest BCUT2D eigenvalue weighted by atomic mass is 10.0. The van der Waals surface area contributed by atoms with Crippen molar-refractivity contribution in [2.75, 3.05) is 32.0 Å². The van der Waals surface area contributed by atoms with Crippen LogP contribution in [0.15, 0.2) is 18.2 Å². The summed E-state index contributed by atoms with van der Waals surface area (Å²) in [7, 11) is 0. The molecule has 29 heavy (non-hydrogen) atoms. The van der Waals surface area contributed by atoms with Crippen LogP contribution in [0, 0.1) is 5.82 Å². The van der Waals surface area contributed by atoms with Crippen LogP contribution in [-0.2, 0) is 0 Å². The molecule has 0 aliphatic carbocycles. The summed E-state index contributed by atoms with van der Waals surface area (Å²) in [6.45, 7) is 2.26. The molecule has 1 amide bonds. The maximum absolute atomic E-state index is 14.2. The van der Waals surface area contributed by atoms with E-state index in [9.17, 15) is 9.18 Å². The third-order valence-electron chi connectivity index (χ3n) is 5.22. The number of ether oxygens (including phenoxy) is 1. The summed E-state index contributed by atoms with van der Waals surface area (Å²) in [6, 6.07) is 4.36. The quantitative estimate of drug-likeness (QED) is 0.586. The molecule has 1 saturated heterocycles. The van der Waals surface area contributed by atoms with Crippen molar-refractivity contribution in [3.05, 3.63) is 39.6 Å². The summed E-state index contributed by atoms with van der Waals surface area (Å²) < 4.78 is 20.5. The van der Waals surface area contributed by atoms with E-state index in [1.54, 1.807) is 17.0 Å². The van der Waals surface area contributed by atoms with Gasteiger partial charge in [-0.05, 0) is 18.2 Å². The monoisotopic (exact) mass is 452 g/mol. The average Bonchev–Trinajstić information content (AvgIpc) is 3.04. The minimum atomic E-state index is -0.421. The zero-order chi connectivity index (χ0) is 20.3. The van der Waals surface area contributed by atoms with Crippen LogP contribution in [0.3, 0.4) is 0 Å². The molecule has 1 unspecified atom stereocenters. The fraction of sp³-hybridized carbons (Fsp3) is 0.263. The van der Waals surface area contributed by atoms with Gasteiger partial charge in [-0.15, -0.1) is 0 Å². The Morgan fingerprint density at radius 1 is 1.34 bits per heavy atom. The number of amides is 1. The minimum absolute atomic E-state index is 0.0854. The molecule has 5 rings (SSSR count). The van der Waals surface area contributed by atoms with Gasteiger partial charge in [0.25, 0.3) is 5.91 Å². The van der Waals surface area contributed by atoms with Crippen LogP contribution in [-0.4, -0.2) is 48.1 Å². The molecule has 6 nitrogen and oxygen atoms in total. The van der Waals surface area contributed by atoms with E-state index in [1.165, 1.54) is 6.07 Å². The Hall–Kier alpha value is -2.13. The molecule has 2 aliphatic heterocycles. The van der Waals surface area contributed by atoms with Crippen molar-refractivity contribution in [3.8, 4) is 16.9 Å². The molecule has 2 aliphatic rings. The highest BCUT2D eigenvalue weighted by molar-refractivity contribution is 7.22.